The Morgan fingerprint density at radius 2 is 1.76 bits per heavy atom. The number of rotatable bonds is 6. The molecule has 3 aromatic rings. The fourth-order valence-corrected chi connectivity index (χ4v) is 4.69. The van der Waals surface area contributed by atoms with Crippen molar-refractivity contribution in [2.24, 2.45) is 4.99 Å². The summed E-state index contributed by atoms with van der Waals surface area (Å²) in [6.07, 6.45) is 0.735. The number of aliphatic imine (C=N–C) groups is 1. The first-order valence-electron chi connectivity index (χ1n) is 10.6. The predicted molar refractivity (Wildman–Crippen MR) is 130 cm³/mol. The standard InChI is InChI=1S/C24H17ClF4N4O4S/c1-30-38(35,36)13-5-3-11(4-6-13)20-17(24(34)37-2)21(14-7-8-15(27)19(29)18(14)25)33-23(32-20)22-16(28)9-12(26)10-31-22/h3-10,21,30H,1-2H3,(H,32,33). The highest BCUT2D eigenvalue weighted by atomic mass is 35.5. The molecular formula is C24H17ClF4N4O4S. The van der Waals surface area contributed by atoms with Gasteiger partial charge in [-0.3, -0.25) is 4.99 Å². The molecule has 1 aliphatic rings. The van der Waals surface area contributed by atoms with Gasteiger partial charge in [-0.1, -0.05) is 29.8 Å². The lowest BCUT2D eigenvalue weighted by Gasteiger charge is -2.28. The van der Waals surface area contributed by atoms with Gasteiger partial charge in [0.2, 0.25) is 10.0 Å². The quantitative estimate of drug-likeness (QED) is 0.265. The topological polar surface area (TPSA) is 110 Å². The van der Waals surface area contributed by atoms with E-state index in [1.165, 1.54) is 31.3 Å². The summed E-state index contributed by atoms with van der Waals surface area (Å²) >= 11 is 6.08. The first-order valence-corrected chi connectivity index (χ1v) is 12.5. The highest BCUT2D eigenvalue weighted by Gasteiger charge is 2.35. The number of hydrogen-bond donors (Lipinski definition) is 2. The van der Waals surface area contributed by atoms with Gasteiger partial charge < -0.3 is 10.1 Å². The number of amidine groups is 1. The fourth-order valence-electron chi connectivity index (χ4n) is 3.70. The minimum absolute atomic E-state index is 0.0495. The molecule has 14 heteroatoms. The van der Waals surface area contributed by atoms with Crippen molar-refractivity contribution in [1.82, 2.24) is 15.0 Å². The molecule has 0 radical (unpaired) electrons. The summed E-state index contributed by atoms with van der Waals surface area (Å²) in [4.78, 5) is 20.9. The largest absolute Gasteiger partial charge is 0.466 e. The molecule has 0 bridgehead atoms. The van der Waals surface area contributed by atoms with Crippen molar-refractivity contribution in [3.63, 3.8) is 0 Å². The molecule has 1 aromatic heterocycles. The van der Waals surface area contributed by atoms with E-state index < -0.39 is 56.0 Å². The SMILES string of the molecule is CNS(=O)(=O)c1ccc(C2=C(C(=O)OC)C(c3ccc(F)c(F)c3Cl)N=C(c3ncc(F)cc3F)N2)cc1. The zero-order valence-corrected chi connectivity index (χ0v) is 21.1. The van der Waals surface area contributed by atoms with Gasteiger partial charge in [0, 0.05) is 11.6 Å². The Kier molecular flexibility index (Phi) is 7.54. The molecular weight excluding hydrogens is 552 g/mol. The second-order valence-electron chi connectivity index (χ2n) is 7.77. The Bertz CT molecular complexity index is 1610. The Morgan fingerprint density at radius 3 is 2.37 bits per heavy atom. The van der Waals surface area contributed by atoms with Gasteiger partial charge in [0.05, 0.1) is 34.5 Å². The third kappa shape index (κ3) is 4.99. The van der Waals surface area contributed by atoms with Gasteiger partial charge in [-0.15, -0.1) is 0 Å². The summed E-state index contributed by atoms with van der Waals surface area (Å²) in [6.45, 7) is 0. The number of esters is 1. The van der Waals surface area contributed by atoms with Crippen molar-refractivity contribution >= 4 is 39.1 Å². The maximum absolute atomic E-state index is 14.7. The third-order valence-corrected chi connectivity index (χ3v) is 7.38. The second-order valence-corrected chi connectivity index (χ2v) is 10.0. The number of sulfonamides is 1. The van der Waals surface area contributed by atoms with Crippen LogP contribution in [0.1, 0.15) is 22.9 Å². The summed E-state index contributed by atoms with van der Waals surface area (Å²) in [5.41, 5.74) is -0.702. The van der Waals surface area contributed by atoms with Crippen LogP contribution in [0.25, 0.3) is 5.70 Å². The van der Waals surface area contributed by atoms with Crippen molar-refractivity contribution in [2.45, 2.75) is 10.9 Å². The molecule has 1 unspecified atom stereocenters. The minimum atomic E-state index is -3.80. The molecule has 0 aliphatic carbocycles. The van der Waals surface area contributed by atoms with Gasteiger partial charge in [-0.25, -0.2) is 40.5 Å². The Hall–Kier alpha value is -3.81. The molecule has 38 heavy (non-hydrogen) atoms. The number of carbonyl (C=O) groups is 1. The summed E-state index contributed by atoms with van der Waals surface area (Å²) in [5.74, 6) is -5.99. The van der Waals surface area contributed by atoms with E-state index in [0.717, 1.165) is 25.4 Å². The monoisotopic (exact) mass is 568 g/mol. The van der Waals surface area contributed by atoms with E-state index in [4.69, 9.17) is 16.3 Å². The van der Waals surface area contributed by atoms with Gasteiger partial charge in [-0.05, 0) is 30.8 Å². The number of aromatic nitrogens is 1. The van der Waals surface area contributed by atoms with Gasteiger partial charge in [0.25, 0.3) is 0 Å². The van der Waals surface area contributed by atoms with Crippen LogP contribution in [0, 0.1) is 23.3 Å². The lowest BCUT2D eigenvalue weighted by atomic mass is 9.92. The average molecular weight is 569 g/mol. The zero-order chi connectivity index (χ0) is 27.8. The lowest BCUT2D eigenvalue weighted by molar-refractivity contribution is -0.136. The molecule has 0 saturated carbocycles. The van der Waals surface area contributed by atoms with Crippen LogP contribution < -0.4 is 10.0 Å². The molecule has 8 nitrogen and oxygen atoms in total. The number of ether oxygens (including phenoxy) is 1. The van der Waals surface area contributed by atoms with Crippen LogP contribution in [0.4, 0.5) is 17.6 Å². The molecule has 0 spiro atoms. The number of nitrogens with one attached hydrogen (secondary N) is 2. The molecule has 0 saturated heterocycles. The number of nitrogens with zero attached hydrogens (tertiary/aromatic N) is 2. The minimum Gasteiger partial charge on any atom is -0.466 e. The molecule has 0 fully saturated rings. The van der Waals surface area contributed by atoms with E-state index in [-0.39, 0.29) is 33.1 Å². The summed E-state index contributed by atoms with van der Waals surface area (Å²) in [7, 11) is -1.50. The Morgan fingerprint density at radius 1 is 1.08 bits per heavy atom. The highest BCUT2D eigenvalue weighted by molar-refractivity contribution is 7.89. The third-order valence-electron chi connectivity index (χ3n) is 5.56. The van der Waals surface area contributed by atoms with Gasteiger partial charge in [-0.2, -0.15) is 0 Å². The number of pyridine rings is 1. The molecule has 1 atom stereocenters. The lowest BCUT2D eigenvalue weighted by Crippen LogP contribution is -2.34. The van der Waals surface area contributed by atoms with Crippen LogP contribution in [0.5, 0.6) is 0 Å². The predicted octanol–water partition coefficient (Wildman–Crippen LogP) is 3.87. The van der Waals surface area contributed by atoms with Crippen LogP contribution in [-0.2, 0) is 19.6 Å². The van der Waals surface area contributed by atoms with E-state index in [0.29, 0.717) is 6.07 Å². The van der Waals surface area contributed by atoms with Gasteiger partial charge >= 0.3 is 5.97 Å². The van der Waals surface area contributed by atoms with Crippen molar-refractivity contribution in [3.8, 4) is 0 Å². The molecule has 198 valence electrons. The molecule has 1 aliphatic heterocycles. The molecule has 2 heterocycles. The van der Waals surface area contributed by atoms with Crippen molar-refractivity contribution in [2.75, 3.05) is 14.2 Å². The number of halogens is 5. The number of benzene rings is 2. The van der Waals surface area contributed by atoms with Crippen LogP contribution >= 0.6 is 11.6 Å². The highest BCUT2D eigenvalue weighted by Crippen LogP contribution is 2.40. The van der Waals surface area contributed by atoms with Crippen molar-refractivity contribution < 1.29 is 35.5 Å². The van der Waals surface area contributed by atoms with Crippen molar-refractivity contribution in [3.05, 3.63) is 99.3 Å². The maximum Gasteiger partial charge on any atom is 0.338 e. The molecule has 2 aromatic carbocycles. The summed E-state index contributed by atoms with van der Waals surface area (Å²) in [5, 5.41) is 2.07. The molecule has 4 rings (SSSR count). The Balaban J connectivity index is 1.99. The van der Waals surface area contributed by atoms with Gasteiger partial charge in [0.15, 0.2) is 23.3 Å². The summed E-state index contributed by atoms with van der Waals surface area (Å²) in [6, 6.07) is 6.13. The normalized spacial score (nSPS) is 15.7. The van der Waals surface area contributed by atoms with E-state index >= 15 is 0 Å². The first kappa shape index (κ1) is 27.2. The number of methoxy groups -OCH3 is 1. The fraction of sp³-hybridized carbons (Fsp3) is 0.125. The molecule has 0 amide bonds. The van der Waals surface area contributed by atoms with Crippen LogP contribution in [0.15, 0.2) is 64.1 Å². The van der Waals surface area contributed by atoms with E-state index in [1.807, 2.05) is 0 Å². The number of carbonyl (C=O) groups excluding carboxylic acids is 1. The van der Waals surface area contributed by atoms with E-state index in [2.05, 4.69) is 20.0 Å². The van der Waals surface area contributed by atoms with Crippen LogP contribution in [-0.4, -0.2) is 39.4 Å². The number of hydrogen-bond acceptors (Lipinski definition) is 7. The molecule has 2 N–H and O–H groups in total. The first-order chi connectivity index (χ1) is 18.0. The maximum atomic E-state index is 14.7. The average Bonchev–Trinajstić information content (AvgIpc) is 2.91. The zero-order valence-electron chi connectivity index (χ0n) is 19.5. The van der Waals surface area contributed by atoms with E-state index in [1.54, 1.807) is 0 Å². The van der Waals surface area contributed by atoms with Gasteiger partial charge in [0.1, 0.15) is 17.6 Å². The smallest absolute Gasteiger partial charge is 0.338 e. The Labute approximate surface area is 219 Å². The van der Waals surface area contributed by atoms with Crippen molar-refractivity contribution in [1.29, 1.82) is 0 Å². The van der Waals surface area contributed by atoms with E-state index in [9.17, 15) is 30.8 Å². The van der Waals surface area contributed by atoms with Crippen LogP contribution in [0.2, 0.25) is 5.02 Å². The second kappa shape index (κ2) is 10.5. The summed E-state index contributed by atoms with van der Waals surface area (Å²) < 4.78 is 87.8. The van der Waals surface area contributed by atoms with Crippen LogP contribution in [0.3, 0.4) is 0 Å².